The van der Waals surface area contributed by atoms with Crippen molar-refractivity contribution >= 4 is 23.2 Å². The van der Waals surface area contributed by atoms with Crippen LogP contribution in [0.4, 0.5) is 5.69 Å². The van der Waals surface area contributed by atoms with Gasteiger partial charge in [-0.25, -0.2) is 0 Å². The number of likely N-dealkylation sites (N-methyl/N-ethyl adjacent to an activating group) is 1. The van der Waals surface area contributed by atoms with Gasteiger partial charge in [0.15, 0.2) is 0 Å². The molecule has 2 aliphatic rings. The van der Waals surface area contributed by atoms with Crippen molar-refractivity contribution in [2.24, 2.45) is 0 Å². The Morgan fingerprint density at radius 3 is 2.70 bits per heavy atom. The van der Waals surface area contributed by atoms with Crippen molar-refractivity contribution in [3.05, 3.63) is 64.2 Å². The summed E-state index contributed by atoms with van der Waals surface area (Å²) in [6.07, 6.45) is 3.55. The number of hydrogen-bond acceptors (Lipinski definition) is 3. The van der Waals surface area contributed by atoms with Crippen LogP contribution in [-0.2, 0) is 6.42 Å². The van der Waals surface area contributed by atoms with Crippen LogP contribution in [0, 0.1) is 0 Å². The Labute approximate surface area is 166 Å². The molecule has 2 aliphatic heterocycles. The van der Waals surface area contributed by atoms with Crippen molar-refractivity contribution in [3.8, 4) is 0 Å². The Morgan fingerprint density at radius 1 is 1.15 bits per heavy atom. The number of hydrogen-bond donors (Lipinski definition) is 1. The number of amides is 1. The number of carbonyl (C=O) groups is 1. The molecule has 1 atom stereocenters. The molecule has 0 spiro atoms. The first-order chi connectivity index (χ1) is 13.1. The molecule has 0 radical (unpaired) electrons. The quantitative estimate of drug-likeness (QED) is 0.850. The number of fused-ring (bicyclic) bond motifs is 1. The number of carbonyl (C=O) groups excluding carboxylic acids is 1. The van der Waals surface area contributed by atoms with Gasteiger partial charge < -0.3 is 10.2 Å². The third-order valence-electron chi connectivity index (χ3n) is 5.77. The minimum absolute atomic E-state index is 0.106. The summed E-state index contributed by atoms with van der Waals surface area (Å²) in [6, 6.07) is 14.2. The van der Waals surface area contributed by atoms with E-state index < -0.39 is 0 Å². The molecule has 4 rings (SSSR count). The minimum atomic E-state index is -0.106. The largest absolute Gasteiger partial charge is 0.374 e. The molecule has 27 heavy (non-hydrogen) atoms. The number of anilines is 1. The molecule has 142 valence electrons. The van der Waals surface area contributed by atoms with E-state index in [4.69, 9.17) is 11.6 Å². The summed E-state index contributed by atoms with van der Waals surface area (Å²) in [5.41, 5.74) is 4.58. The third-order valence-corrected chi connectivity index (χ3v) is 6.10. The molecular formula is C22H26ClN3O. The molecule has 0 aromatic heterocycles. The molecule has 1 amide bonds. The van der Waals surface area contributed by atoms with Gasteiger partial charge in [0.25, 0.3) is 5.91 Å². The van der Waals surface area contributed by atoms with Gasteiger partial charge in [-0.3, -0.25) is 9.69 Å². The van der Waals surface area contributed by atoms with Gasteiger partial charge in [0.05, 0.1) is 16.6 Å². The highest BCUT2D eigenvalue weighted by atomic mass is 35.5. The molecule has 0 aliphatic carbocycles. The van der Waals surface area contributed by atoms with Crippen LogP contribution < -0.4 is 10.2 Å². The molecule has 4 nitrogen and oxygen atoms in total. The van der Waals surface area contributed by atoms with Crippen LogP contribution in [0.2, 0.25) is 5.02 Å². The molecule has 0 unspecified atom stereocenters. The maximum absolute atomic E-state index is 12.6. The van der Waals surface area contributed by atoms with E-state index in [1.54, 1.807) is 12.1 Å². The predicted molar refractivity (Wildman–Crippen MR) is 111 cm³/mol. The number of nitrogens with zero attached hydrogens (tertiary/aromatic N) is 2. The maximum Gasteiger partial charge on any atom is 0.252 e. The summed E-state index contributed by atoms with van der Waals surface area (Å²) in [7, 11) is 2.15. The van der Waals surface area contributed by atoms with Gasteiger partial charge in [0, 0.05) is 25.8 Å². The van der Waals surface area contributed by atoms with Crippen molar-refractivity contribution in [2.45, 2.75) is 25.3 Å². The van der Waals surface area contributed by atoms with Crippen LogP contribution in [0.25, 0.3) is 0 Å². The first kappa shape index (κ1) is 18.3. The number of likely N-dealkylation sites (tertiary alicyclic amines) is 1. The standard InChI is InChI=1S/C22H26ClN3O/c1-25-13-10-17-14-16(8-9-20(17)25)21(26-11-4-5-12-26)15-24-22(27)18-6-2-3-7-19(18)23/h2-3,6-9,14,21H,4-5,10-13,15H2,1H3,(H,24,27)/t21-/m0/s1. The van der Waals surface area contributed by atoms with E-state index in [9.17, 15) is 4.79 Å². The van der Waals surface area contributed by atoms with Crippen LogP contribution in [-0.4, -0.2) is 44.0 Å². The van der Waals surface area contributed by atoms with Gasteiger partial charge in [-0.2, -0.15) is 0 Å². The molecule has 2 aromatic carbocycles. The van der Waals surface area contributed by atoms with Crippen molar-refractivity contribution < 1.29 is 4.79 Å². The van der Waals surface area contributed by atoms with Gasteiger partial charge in [-0.05, 0) is 61.7 Å². The second-order valence-corrected chi connectivity index (χ2v) is 7.92. The van der Waals surface area contributed by atoms with Crippen LogP contribution >= 0.6 is 11.6 Å². The molecule has 1 fully saturated rings. The van der Waals surface area contributed by atoms with Crippen molar-refractivity contribution in [3.63, 3.8) is 0 Å². The van der Waals surface area contributed by atoms with Gasteiger partial charge >= 0.3 is 0 Å². The number of benzene rings is 2. The monoisotopic (exact) mass is 383 g/mol. The van der Waals surface area contributed by atoms with E-state index in [1.165, 1.54) is 29.7 Å². The summed E-state index contributed by atoms with van der Waals surface area (Å²) in [4.78, 5) is 17.4. The minimum Gasteiger partial charge on any atom is -0.374 e. The molecule has 0 bridgehead atoms. The number of halogens is 1. The first-order valence-electron chi connectivity index (χ1n) is 9.74. The fourth-order valence-electron chi connectivity index (χ4n) is 4.23. The Balaban J connectivity index is 1.53. The molecule has 5 heteroatoms. The lowest BCUT2D eigenvalue weighted by Gasteiger charge is -2.29. The van der Waals surface area contributed by atoms with Crippen LogP contribution in [0.15, 0.2) is 42.5 Å². The topological polar surface area (TPSA) is 35.6 Å². The van der Waals surface area contributed by atoms with Gasteiger partial charge in [-0.15, -0.1) is 0 Å². The van der Waals surface area contributed by atoms with Crippen molar-refractivity contribution in [1.29, 1.82) is 0 Å². The molecule has 2 aromatic rings. The van der Waals surface area contributed by atoms with E-state index in [2.05, 4.69) is 40.4 Å². The lowest BCUT2D eigenvalue weighted by molar-refractivity contribution is 0.0938. The Kier molecular flexibility index (Phi) is 5.37. The third kappa shape index (κ3) is 3.83. The highest BCUT2D eigenvalue weighted by Gasteiger charge is 2.26. The molecular weight excluding hydrogens is 358 g/mol. The van der Waals surface area contributed by atoms with E-state index >= 15 is 0 Å². The Bertz CT molecular complexity index is 832. The molecule has 0 saturated carbocycles. The van der Waals surface area contributed by atoms with Gasteiger partial charge in [-0.1, -0.05) is 35.9 Å². The second kappa shape index (κ2) is 7.91. The average molecular weight is 384 g/mol. The SMILES string of the molecule is CN1CCc2cc([C@H](CNC(=O)c3ccccc3Cl)N3CCCC3)ccc21. The van der Waals surface area contributed by atoms with E-state index in [1.807, 2.05) is 12.1 Å². The lowest BCUT2D eigenvalue weighted by Crippen LogP contribution is -2.37. The predicted octanol–water partition coefficient (Wildman–Crippen LogP) is 3.90. The van der Waals surface area contributed by atoms with Crippen LogP contribution in [0.5, 0.6) is 0 Å². The zero-order chi connectivity index (χ0) is 18.8. The van der Waals surface area contributed by atoms with E-state index in [0.717, 1.165) is 26.1 Å². The molecule has 2 heterocycles. The Hall–Kier alpha value is -2.04. The van der Waals surface area contributed by atoms with Crippen LogP contribution in [0.1, 0.15) is 40.4 Å². The van der Waals surface area contributed by atoms with Crippen molar-refractivity contribution in [2.75, 3.05) is 38.1 Å². The van der Waals surface area contributed by atoms with Crippen LogP contribution in [0.3, 0.4) is 0 Å². The number of rotatable bonds is 5. The fourth-order valence-corrected chi connectivity index (χ4v) is 4.46. The number of nitrogens with one attached hydrogen (secondary N) is 1. The zero-order valence-corrected chi connectivity index (χ0v) is 16.5. The summed E-state index contributed by atoms with van der Waals surface area (Å²) in [5, 5.41) is 3.61. The average Bonchev–Trinajstić information content (AvgIpc) is 3.33. The van der Waals surface area contributed by atoms with Crippen molar-refractivity contribution in [1.82, 2.24) is 10.2 Å². The Morgan fingerprint density at radius 2 is 1.93 bits per heavy atom. The normalized spacial score (nSPS) is 17.8. The lowest BCUT2D eigenvalue weighted by atomic mass is 10.0. The van der Waals surface area contributed by atoms with E-state index in [-0.39, 0.29) is 11.9 Å². The highest BCUT2D eigenvalue weighted by molar-refractivity contribution is 6.33. The summed E-state index contributed by atoms with van der Waals surface area (Å²) < 4.78 is 0. The first-order valence-corrected chi connectivity index (χ1v) is 10.1. The molecule has 1 N–H and O–H groups in total. The fraction of sp³-hybridized carbons (Fsp3) is 0.409. The summed E-state index contributed by atoms with van der Waals surface area (Å²) in [6.45, 7) is 3.85. The summed E-state index contributed by atoms with van der Waals surface area (Å²) >= 11 is 6.18. The van der Waals surface area contributed by atoms with Gasteiger partial charge in [0.2, 0.25) is 0 Å². The molecule has 1 saturated heterocycles. The maximum atomic E-state index is 12.6. The zero-order valence-electron chi connectivity index (χ0n) is 15.7. The smallest absolute Gasteiger partial charge is 0.252 e. The highest BCUT2D eigenvalue weighted by Crippen LogP contribution is 2.32. The second-order valence-electron chi connectivity index (χ2n) is 7.51. The summed E-state index contributed by atoms with van der Waals surface area (Å²) in [5.74, 6) is -0.106. The van der Waals surface area contributed by atoms with E-state index in [0.29, 0.717) is 17.1 Å². The van der Waals surface area contributed by atoms with Gasteiger partial charge in [0.1, 0.15) is 0 Å².